The molecular formula is C21H31N3O4. The Labute approximate surface area is 166 Å². The van der Waals surface area contributed by atoms with Gasteiger partial charge in [0.25, 0.3) is 0 Å². The number of carbonyl (C=O) groups excluding carboxylic acids is 2. The molecule has 7 nitrogen and oxygen atoms in total. The van der Waals surface area contributed by atoms with Gasteiger partial charge < -0.3 is 25.0 Å². The van der Waals surface area contributed by atoms with E-state index in [4.69, 9.17) is 9.47 Å². The highest BCUT2D eigenvalue weighted by Crippen LogP contribution is 2.23. The number of anilines is 1. The number of nitrogens with zero attached hydrogens (tertiary/aromatic N) is 1. The minimum absolute atomic E-state index is 0.0473. The first-order valence-electron chi connectivity index (χ1n) is 10.1. The summed E-state index contributed by atoms with van der Waals surface area (Å²) in [4.78, 5) is 26.0. The first kappa shape index (κ1) is 20.5. The molecule has 2 aliphatic heterocycles. The largest absolute Gasteiger partial charge is 0.490 e. The normalized spacial score (nSPS) is 20.7. The summed E-state index contributed by atoms with van der Waals surface area (Å²) in [6.07, 6.45) is 2.24. The van der Waals surface area contributed by atoms with Gasteiger partial charge in [0.1, 0.15) is 17.5 Å². The molecule has 1 aromatic rings. The van der Waals surface area contributed by atoms with Crippen LogP contribution >= 0.6 is 0 Å². The van der Waals surface area contributed by atoms with Gasteiger partial charge in [0.15, 0.2) is 0 Å². The number of hydrogen-bond acceptors (Lipinski definition) is 5. The molecular weight excluding hydrogens is 358 g/mol. The van der Waals surface area contributed by atoms with Crippen molar-refractivity contribution in [3.05, 3.63) is 24.3 Å². The Morgan fingerprint density at radius 2 is 1.79 bits per heavy atom. The van der Waals surface area contributed by atoms with E-state index in [1.54, 1.807) is 4.90 Å². The molecule has 0 saturated carbocycles. The van der Waals surface area contributed by atoms with Crippen LogP contribution in [0.4, 0.5) is 10.5 Å². The molecule has 1 atom stereocenters. The quantitative estimate of drug-likeness (QED) is 0.827. The number of hydrogen-bond donors (Lipinski definition) is 2. The van der Waals surface area contributed by atoms with E-state index in [2.05, 4.69) is 10.6 Å². The molecule has 0 bridgehead atoms. The maximum atomic E-state index is 12.2. The molecule has 2 aliphatic rings. The highest BCUT2D eigenvalue weighted by Gasteiger charge is 2.27. The maximum absolute atomic E-state index is 12.2. The first-order valence-corrected chi connectivity index (χ1v) is 10.1. The van der Waals surface area contributed by atoms with Crippen LogP contribution in [0.1, 0.15) is 40.0 Å². The van der Waals surface area contributed by atoms with Gasteiger partial charge in [0, 0.05) is 38.2 Å². The molecule has 154 valence electrons. The number of piperidine rings is 1. The summed E-state index contributed by atoms with van der Waals surface area (Å²) < 4.78 is 11.5. The fourth-order valence-electron chi connectivity index (χ4n) is 3.41. The smallest absolute Gasteiger partial charge is 0.410 e. The van der Waals surface area contributed by atoms with Crippen molar-refractivity contribution in [1.82, 2.24) is 10.2 Å². The van der Waals surface area contributed by atoms with Crippen LogP contribution in [0.2, 0.25) is 0 Å². The van der Waals surface area contributed by atoms with Gasteiger partial charge in [-0.05, 0) is 58.0 Å². The summed E-state index contributed by atoms with van der Waals surface area (Å²) in [6, 6.07) is 7.49. The van der Waals surface area contributed by atoms with E-state index in [9.17, 15) is 9.59 Å². The molecule has 0 radical (unpaired) electrons. The fourth-order valence-corrected chi connectivity index (χ4v) is 3.41. The lowest BCUT2D eigenvalue weighted by atomic mass is 10.1. The van der Waals surface area contributed by atoms with Gasteiger partial charge in [0.2, 0.25) is 5.91 Å². The van der Waals surface area contributed by atoms with Crippen LogP contribution in [0.3, 0.4) is 0 Å². The number of likely N-dealkylation sites (tertiary alicyclic amines) is 1. The molecule has 2 amide bonds. The Balaban J connectivity index is 1.43. The second-order valence-corrected chi connectivity index (χ2v) is 8.49. The summed E-state index contributed by atoms with van der Waals surface area (Å²) in [5.74, 6) is 0.885. The Bertz CT molecular complexity index is 670. The van der Waals surface area contributed by atoms with Crippen LogP contribution in [-0.2, 0) is 9.53 Å². The zero-order valence-corrected chi connectivity index (χ0v) is 17.0. The van der Waals surface area contributed by atoms with E-state index in [-0.39, 0.29) is 24.0 Å². The lowest BCUT2D eigenvalue weighted by Crippen LogP contribution is -2.44. The average Bonchev–Trinajstić information content (AvgIpc) is 3.17. The van der Waals surface area contributed by atoms with Crippen molar-refractivity contribution < 1.29 is 19.1 Å². The van der Waals surface area contributed by atoms with Gasteiger partial charge >= 0.3 is 6.09 Å². The summed E-state index contributed by atoms with van der Waals surface area (Å²) in [7, 11) is 0. The molecule has 0 unspecified atom stereocenters. The Morgan fingerprint density at radius 3 is 2.36 bits per heavy atom. The topological polar surface area (TPSA) is 79.9 Å². The predicted molar refractivity (Wildman–Crippen MR) is 108 cm³/mol. The molecule has 1 aromatic carbocycles. The van der Waals surface area contributed by atoms with Crippen molar-refractivity contribution in [2.24, 2.45) is 5.92 Å². The van der Waals surface area contributed by atoms with Crippen molar-refractivity contribution in [2.75, 3.05) is 31.5 Å². The summed E-state index contributed by atoms with van der Waals surface area (Å²) in [5, 5.41) is 6.16. The van der Waals surface area contributed by atoms with Gasteiger partial charge in [-0.2, -0.15) is 0 Å². The van der Waals surface area contributed by atoms with E-state index < -0.39 is 5.60 Å². The third-order valence-corrected chi connectivity index (χ3v) is 4.95. The highest BCUT2D eigenvalue weighted by molar-refractivity contribution is 5.92. The van der Waals surface area contributed by atoms with Crippen LogP contribution < -0.4 is 15.4 Å². The van der Waals surface area contributed by atoms with Crippen molar-refractivity contribution in [2.45, 2.75) is 51.7 Å². The van der Waals surface area contributed by atoms with Gasteiger partial charge in [-0.3, -0.25) is 4.79 Å². The molecule has 0 aromatic heterocycles. The predicted octanol–water partition coefficient (Wildman–Crippen LogP) is 3.01. The van der Waals surface area contributed by atoms with Gasteiger partial charge in [-0.25, -0.2) is 4.79 Å². The number of nitrogens with one attached hydrogen (secondary N) is 2. The molecule has 28 heavy (non-hydrogen) atoms. The van der Waals surface area contributed by atoms with Gasteiger partial charge in [-0.1, -0.05) is 0 Å². The molecule has 0 spiro atoms. The summed E-state index contributed by atoms with van der Waals surface area (Å²) in [6.45, 7) is 8.52. The Hall–Kier alpha value is -2.28. The van der Waals surface area contributed by atoms with Crippen LogP contribution in [0.5, 0.6) is 5.75 Å². The molecule has 2 fully saturated rings. The molecule has 2 heterocycles. The monoisotopic (exact) mass is 389 g/mol. The number of ether oxygens (including phenoxy) is 2. The lowest BCUT2D eigenvalue weighted by Gasteiger charge is -2.33. The first-order chi connectivity index (χ1) is 13.3. The van der Waals surface area contributed by atoms with Gasteiger partial charge in [0.05, 0.1) is 5.92 Å². The van der Waals surface area contributed by atoms with E-state index in [0.29, 0.717) is 13.1 Å². The minimum Gasteiger partial charge on any atom is -0.490 e. The van der Waals surface area contributed by atoms with Crippen LogP contribution in [0.15, 0.2) is 24.3 Å². The number of carbonyl (C=O) groups is 2. The van der Waals surface area contributed by atoms with Crippen molar-refractivity contribution >= 4 is 17.7 Å². The zero-order chi connectivity index (χ0) is 20.1. The van der Waals surface area contributed by atoms with Crippen LogP contribution in [-0.4, -0.2) is 54.8 Å². The Kier molecular flexibility index (Phi) is 6.44. The van der Waals surface area contributed by atoms with Gasteiger partial charge in [-0.15, -0.1) is 0 Å². The van der Waals surface area contributed by atoms with E-state index in [1.165, 1.54) is 0 Å². The maximum Gasteiger partial charge on any atom is 0.410 e. The zero-order valence-electron chi connectivity index (χ0n) is 17.0. The van der Waals surface area contributed by atoms with E-state index in [1.807, 2.05) is 45.0 Å². The lowest BCUT2D eigenvalue weighted by molar-refractivity contribution is -0.119. The highest BCUT2D eigenvalue weighted by atomic mass is 16.6. The third-order valence-electron chi connectivity index (χ3n) is 4.95. The standard InChI is InChI=1S/C21H31N3O4/c1-21(2,3)28-20(26)24-12-9-18(10-13-24)27-17-6-4-16(5-7-17)23-19(25)15-8-11-22-14-15/h4-7,15,18,22H,8-14H2,1-3H3,(H,23,25)/t15-/m0/s1. The molecule has 2 saturated heterocycles. The summed E-state index contributed by atoms with van der Waals surface area (Å²) in [5.41, 5.74) is 0.305. The molecule has 7 heteroatoms. The second kappa shape index (κ2) is 8.82. The molecule has 3 rings (SSSR count). The van der Waals surface area contributed by atoms with Crippen LogP contribution in [0, 0.1) is 5.92 Å². The van der Waals surface area contributed by atoms with E-state index >= 15 is 0 Å². The fraction of sp³-hybridized carbons (Fsp3) is 0.619. The van der Waals surface area contributed by atoms with Crippen molar-refractivity contribution in [1.29, 1.82) is 0 Å². The number of amides is 2. The number of rotatable bonds is 4. The Morgan fingerprint density at radius 1 is 1.11 bits per heavy atom. The van der Waals surface area contributed by atoms with E-state index in [0.717, 1.165) is 43.8 Å². The number of benzene rings is 1. The van der Waals surface area contributed by atoms with Crippen molar-refractivity contribution in [3.8, 4) is 5.75 Å². The SMILES string of the molecule is CC(C)(C)OC(=O)N1CCC(Oc2ccc(NC(=O)[C@H]3CCNC3)cc2)CC1. The molecule has 0 aliphatic carbocycles. The molecule has 2 N–H and O–H groups in total. The van der Waals surface area contributed by atoms with Crippen molar-refractivity contribution in [3.63, 3.8) is 0 Å². The summed E-state index contributed by atoms with van der Waals surface area (Å²) >= 11 is 0. The minimum atomic E-state index is -0.476. The average molecular weight is 389 g/mol. The second-order valence-electron chi connectivity index (χ2n) is 8.49. The third kappa shape index (κ3) is 5.86. The van der Waals surface area contributed by atoms with Crippen LogP contribution in [0.25, 0.3) is 0 Å².